The van der Waals surface area contributed by atoms with Crippen molar-refractivity contribution < 1.29 is 23.7 Å². The number of hydrogen-bond donors (Lipinski definition) is 1. The van der Waals surface area contributed by atoms with Gasteiger partial charge >= 0.3 is 0 Å². The SMILES string of the molecule is CO[C@H]1O[C@H](CO[Si](c2ccccc2)(c2ccccc2)C(C)(C)C)[C@@H](O)[C@H](OCc2ccccc2)[C@H]1N=[N+]=[N-]. The average Bonchev–Trinajstić information content (AvgIpc) is 2.95. The van der Waals surface area contributed by atoms with E-state index < -0.39 is 39.0 Å². The van der Waals surface area contributed by atoms with E-state index in [2.05, 4.69) is 55.1 Å². The zero-order valence-electron chi connectivity index (χ0n) is 22.9. The van der Waals surface area contributed by atoms with Crippen LogP contribution >= 0.6 is 0 Å². The van der Waals surface area contributed by atoms with Crippen LogP contribution in [0, 0.1) is 0 Å². The first kappa shape index (κ1) is 29.0. The predicted octanol–water partition coefficient (Wildman–Crippen LogP) is 4.56. The molecular weight excluding hydrogens is 510 g/mol. The van der Waals surface area contributed by atoms with Gasteiger partial charge < -0.3 is 23.7 Å². The minimum Gasteiger partial charge on any atom is -0.405 e. The predicted molar refractivity (Wildman–Crippen MR) is 153 cm³/mol. The summed E-state index contributed by atoms with van der Waals surface area (Å²) < 4.78 is 24.9. The van der Waals surface area contributed by atoms with Gasteiger partial charge in [0.2, 0.25) is 0 Å². The van der Waals surface area contributed by atoms with Gasteiger partial charge in [-0.1, -0.05) is 117 Å². The van der Waals surface area contributed by atoms with Crippen molar-refractivity contribution in [3.05, 3.63) is 107 Å². The third-order valence-corrected chi connectivity index (χ3v) is 12.2. The number of benzene rings is 3. The number of azide groups is 1. The molecule has 0 amide bonds. The minimum absolute atomic E-state index is 0.0997. The number of methoxy groups -OCH3 is 1. The number of ether oxygens (including phenoxy) is 3. The molecule has 8 nitrogen and oxygen atoms in total. The lowest BCUT2D eigenvalue weighted by Crippen LogP contribution is -2.68. The first-order valence-electron chi connectivity index (χ1n) is 13.1. The van der Waals surface area contributed by atoms with Crippen LogP contribution in [0.2, 0.25) is 5.04 Å². The lowest BCUT2D eigenvalue weighted by molar-refractivity contribution is -0.265. The van der Waals surface area contributed by atoms with Crippen LogP contribution in [0.15, 0.2) is 96.1 Å². The number of rotatable bonds is 10. The second-order valence-corrected chi connectivity index (χ2v) is 15.0. The molecule has 0 aromatic heterocycles. The first-order valence-corrected chi connectivity index (χ1v) is 15.0. The van der Waals surface area contributed by atoms with Crippen molar-refractivity contribution in [3.8, 4) is 0 Å². The van der Waals surface area contributed by atoms with Crippen molar-refractivity contribution in [2.75, 3.05) is 13.7 Å². The highest BCUT2D eigenvalue weighted by molar-refractivity contribution is 6.99. The van der Waals surface area contributed by atoms with Gasteiger partial charge in [0.15, 0.2) is 6.29 Å². The molecule has 9 heteroatoms. The Hall–Kier alpha value is -3.01. The van der Waals surface area contributed by atoms with Crippen LogP contribution in [-0.2, 0) is 25.2 Å². The molecule has 3 aromatic carbocycles. The molecule has 5 atom stereocenters. The summed E-state index contributed by atoms with van der Waals surface area (Å²) in [4.78, 5) is 2.97. The Morgan fingerprint density at radius 1 is 0.923 bits per heavy atom. The van der Waals surface area contributed by atoms with Crippen LogP contribution < -0.4 is 10.4 Å². The van der Waals surface area contributed by atoms with Crippen LogP contribution in [0.5, 0.6) is 0 Å². The number of nitrogens with zero attached hydrogens (tertiary/aromatic N) is 3. The summed E-state index contributed by atoms with van der Waals surface area (Å²) in [7, 11) is -1.39. The monoisotopic (exact) mass is 547 g/mol. The maximum absolute atomic E-state index is 11.5. The van der Waals surface area contributed by atoms with Crippen LogP contribution in [0.1, 0.15) is 26.3 Å². The summed E-state index contributed by atoms with van der Waals surface area (Å²) in [6.45, 7) is 6.91. The Bertz CT molecular complexity index is 1180. The molecule has 1 fully saturated rings. The van der Waals surface area contributed by atoms with Gasteiger partial charge in [0.25, 0.3) is 8.32 Å². The maximum atomic E-state index is 11.5. The summed E-state index contributed by atoms with van der Waals surface area (Å²) in [5.74, 6) is 0. The van der Waals surface area contributed by atoms with E-state index in [1.165, 1.54) is 7.11 Å². The van der Waals surface area contributed by atoms with Gasteiger partial charge in [-0.25, -0.2) is 0 Å². The fourth-order valence-corrected chi connectivity index (χ4v) is 9.92. The van der Waals surface area contributed by atoms with E-state index in [-0.39, 0.29) is 18.3 Å². The fraction of sp³-hybridized carbons (Fsp3) is 0.400. The molecule has 0 unspecified atom stereocenters. The van der Waals surface area contributed by atoms with Gasteiger partial charge in [0.1, 0.15) is 18.2 Å². The van der Waals surface area contributed by atoms with Crippen molar-refractivity contribution in [2.24, 2.45) is 5.11 Å². The quantitative estimate of drug-likeness (QED) is 0.173. The number of hydrogen-bond acceptors (Lipinski definition) is 6. The van der Waals surface area contributed by atoms with Crippen molar-refractivity contribution in [1.29, 1.82) is 0 Å². The van der Waals surface area contributed by atoms with Gasteiger partial charge in [-0.05, 0) is 26.5 Å². The normalized spacial score (nSPS) is 23.7. The summed E-state index contributed by atoms with van der Waals surface area (Å²) in [5, 5.41) is 17.4. The highest BCUT2D eigenvalue weighted by atomic mass is 28.4. The Kier molecular flexibility index (Phi) is 9.58. The Morgan fingerprint density at radius 2 is 1.46 bits per heavy atom. The third-order valence-electron chi connectivity index (χ3n) is 7.23. The Morgan fingerprint density at radius 3 is 1.95 bits per heavy atom. The Labute approximate surface area is 231 Å². The lowest BCUT2D eigenvalue weighted by atomic mass is 9.97. The van der Waals surface area contributed by atoms with Crippen LogP contribution in [0.4, 0.5) is 0 Å². The van der Waals surface area contributed by atoms with Crippen molar-refractivity contribution in [3.63, 3.8) is 0 Å². The van der Waals surface area contributed by atoms with Gasteiger partial charge in [-0.3, -0.25) is 0 Å². The maximum Gasteiger partial charge on any atom is 0.261 e. The zero-order chi connectivity index (χ0) is 27.9. The van der Waals surface area contributed by atoms with E-state index in [0.29, 0.717) is 0 Å². The molecule has 4 rings (SSSR count). The molecule has 0 aliphatic carbocycles. The van der Waals surface area contributed by atoms with Gasteiger partial charge in [-0.15, -0.1) is 0 Å². The molecule has 39 heavy (non-hydrogen) atoms. The molecule has 0 saturated carbocycles. The lowest BCUT2D eigenvalue weighted by Gasteiger charge is -2.46. The highest BCUT2D eigenvalue weighted by Gasteiger charge is 2.52. The molecular formula is C30H37N3O5Si. The highest BCUT2D eigenvalue weighted by Crippen LogP contribution is 2.37. The molecule has 0 spiro atoms. The molecule has 1 N–H and O–H groups in total. The molecule has 1 heterocycles. The first-order chi connectivity index (χ1) is 18.8. The number of aliphatic hydroxyl groups is 1. The standard InChI is InChI=1S/C30H37N3O5Si/c1-30(2,3)39(23-16-10-6-11-17-23,24-18-12-7-13-19-24)37-21-25-27(34)28(26(32-33-31)29(35-4)38-25)36-20-22-14-8-5-9-15-22/h5-19,25-29,34H,20-21H2,1-4H3/t25-,26-,27-,28-,29+/m1/s1. The van der Waals surface area contributed by atoms with Gasteiger partial charge in [0.05, 0.1) is 19.3 Å². The molecule has 206 valence electrons. The van der Waals surface area contributed by atoms with E-state index in [1.54, 1.807) is 0 Å². The second kappa shape index (κ2) is 12.9. The third kappa shape index (κ3) is 6.26. The average molecular weight is 548 g/mol. The molecule has 0 bridgehead atoms. The van der Waals surface area contributed by atoms with Crippen molar-refractivity contribution in [1.82, 2.24) is 0 Å². The molecule has 1 aliphatic heterocycles. The Balaban J connectivity index is 1.66. The van der Waals surface area contributed by atoms with Gasteiger partial charge in [-0.2, -0.15) is 0 Å². The molecule has 1 saturated heterocycles. The van der Waals surface area contributed by atoms with Crippen molar-refractivity contribution in [2.45, 2.75) is 63.1 Å². The summed E-state index contributed by atoms with van der Waals surface area (Å²) >= 11 is 0. The van der Waals surface area contributed by atoms with Gasteiger partial charge in [0, 0.05) is 12.0 Å². The largest absolute Gasteiger partial charge is 0.405 e. The van der Waals surface area contributed by atoms with E-state index in [9.17, 15) is 10.6 Å². The topological polar surface area (TPSA) is 106 Å². The summed E-state index contributed by atoms with van der Waals surface area (Å²) in [6, 6.07) is 29.3. The van der Waals surface area contributed by atoms with Crippen LogP contribution in [0.25, 0.3) is 10.4 Å². The molecule has 0 radical (unpaired) electrons. The van der Waals surface area contributed by atoms with E-state index in [4.69, 9.17) is 18.6 Å². The fourth-order valence-electron chi connectivity index (χ4n) is 5.35. The van der Waals surface area contributed by atoms with E-state index in [1.807, 2.05) is 66.7 Å². The van der Waals surface area contributed by atoms with Crippen LogP contribution in [0.3, 0.4) is 0 Å². The molecule has 1 aliphatic rings. The second-order valence-electron chi connectivity index (χ2n) is 10.7. The smallest absolute Gasteiger partial charge is 0.261 e. The van der Waals surface area contributed by atoms with Crippen LogP contribution in [-0.4, -0.2) is 57.8 Å². The zero-order valence-corrected chi connectivity index (χ0v) is 23.9. The van der Waals surface area contributed by atoms with E-state index >= 15 is 0 Å². The number of aliphatic hydroxyl groups excluding tert-OH is 1. The summed E-state index contributed by atoms with van der Waals surface area (Å²) in [6.07, 6.45) is -3.65. The van der Waals surface area contributed by atoms with E-state index in [0.717, 1.165) is 15.9 Å². The summed E-state index contributed by atoms with van der Waals surface area (Å²) in [5.41, 5.74) is 10.2. The minimum atomic E-state index is -2.88. The van der Waals surface area contributed by atoms with Crippen molar-refractivity contribution >= 4 is 18.7 Å². The molecule has 3 aromatic rings.